The molecule has 1 rings (SSSR count). The van der Waals surface area contributed by atoms with Crippen LogP contribution >= 0.6 is 0 Å². The van der Waals surface area contributed by atoms with Crippen LogP contribution in [-0.2, 0) is 14.3 Å². The van der Waals surface area contributed by atoms with Gasteiger partial charge in [-0.3, -0.25) is 0 Å². The molecule has 0 radical (unpaired) electrons. The van der Waals surface area contributed by atoms with Crippen molar-refractivity contribution in [1.82, 2.24) is 5.32 Å². The van der Waals surface area contributed by atoms with Crippen molar-refractivity contribution in [2.24, 2.45) is 0 Å². The van der Waals surface area contributed by atoms with Crippen LogP contribution in [-0.4, -0.2) is 47.2 Å². The Morgan fingerprint density at radius 1 is 1.40 bits per heavy atom. The molecular formula is C13H22FNO5. The summed E-state index contributed by atoms with van der Waals surface area (Å²) in [4.78, 5) is 23.8. The fourth-order valence-electron chi connectivity index (χ4n) is 2.13. The first kappa shape index (κ1) is 16.7. The molecule has 0 heterocycles. The smallest absolute Gasteiger partial charge is 0.408 e. The van der Waals surface area contributed by atoms with Gasteiger partial charge in [-0.05, 0) is 27.7 Å². The van der Waals surface area contributed by atoms with E-state index in [2.05, 4.69) is 5.32 Å². The van der Waals surface area contributed by atoms with Crippen LogP contribution in [0.4, 0.5) is 9.18 Å². The van der Waals surface area contributed by atoms with Crippen LogP contribution in [0.25, 0.3) is 0 Å². The van der Waals surface area contributed by atoms with Crippen LogP contribution in [0, 0.1) is 0 Å². The highest BCUT2D eigenvalue weighted by Gasteiger charge is 2.53. The second-order valence-electron chi connectivity index (χ2n) is 5.92. The molecule has 1 amide bonds. The Labute approximate surface area is 117 Å². The number of aliphatic hydroxyl groups is 1. The van der Waals surface area contributed by atoms with Crippen LogP contribution < -0.4 is 5.32 Å². The maximum Gasteiger partial charge on any atom is 0.408 e. The lowest BCUT2D eigenvalue weighted by molar-refractivity contribution is -0.151. The molecule has 0 bridgehead atoms. The molecule has 0 aliphatic heterocycles. The predicted octanol–water partition coefficient (Wildman–Crippen LogP) is 1.31. The molecule has 20 heavy (non-hydrogen) atoms. The summed E-state index contributed by atoms with van der Waals surface area (Å²) in [6.45, 7) is 6.72. The molecule has 116 valence electrons. The van der Waals surface area contributed by atoms with E-state index in [0.29, 0.717) is 0 Å². The number of halogens is 1. The summed E-state index contributed by atoms with van der Waals surface area (Å²) >= 11 is 0. The van der Waals surface area contributed by atoms with E-state index in [-0.39, 0.29) is 19.4 Å². The van der Waals surface area contributed by atoms with Gasteiger partial charge in [-0.15, -0.1) is 0 Å². The molecule has 0 aromatic carbocycles. The molecular weight excluding hydrogens is 269 g/mol. The Hall–Kier alpha value is -1.37. The summed E-state index contributed by atoms with van der Waals surface area (Å²) in [5, 5.41) is 11.9. The summed E-state index contributed by atoms with van der Waals surface area (Å²) in [6, 6.07) is 0. The van der Waals surface area contributed by atoms with Crippen molar-refractivity contribution >= 4 is 12.1 Å². The minimum Gasteiger partial charge on any atom is -0.464 e. The first-order chi connectivity index (χ1) is 9.09. The molecule has 0 spiro atoms. The van der Waals surface area contributed by atoms with Gasteiger partial charge >= 0.3 is 12.1 Å². The number of carbonyl (C=O) groups is 2. The molecule has 6 nitrogen and oxygen atoms in total. The van der Waals surface area contributed by atoms with Gasteiger partial charge in [-0.1, -0.05) is 0 Å². The molecule has 1 aliphatic carbocycles. The molecule has 0 aromatic rings. The van der Waals surface area contributed by atoms with Crippen molar-refractivity contribution in [1.29, 1.82) is 0 Å². The number of alkyl carbamates (subject to hydrolysis) is 1. The fourth-order valence-corrected chi connectivity index (χ4v) is 2.13. The molecule has 2 N–H and O–H groups in total. The molecule has 0 aromatic heterocycles. The Kier molecular flexibility index (Phi) is 4.96. The zero-order valence-corrected chi connectivity index (χ0v) is 12.2. The third-order valence-electron chi connectivity index (χ3n) is 2.92. The Morgan fingerprint density at radius 2 is 2.00 bits per heavy atom. The summed E-state index contributed by atoms with van der Waals surface area (Å²) in [5.41, 5.74) is -2.32. The van der Waals surface area contributed by atoms with E-state index in [9.17, 15) is 19.1 Å². The van der Waals surface area contributed by atoms with E-state index in [4.69, 9.17) is 9.47 Å². The van der Waals surface area contributed by atoms with E-state index in [1.165, 1.54) is 0 Å². The number of alkyl halides is 1. The van der Waals surface area contributed by atoms with Crippen molar-refractivity contribution < 1.29 is 28.6 Å². The SMILES string of the molecule is CCOC(=O)C1(NC(=O)OC(C)(C)C)CC(O)C(F)C1. The van der Waals surface area contributed by atoms with Gasteiger partial charge in [0.05, 0.1) is 12.7 Å². The van der Waals surface area contributed by atoms with Crippen molar-refractivity contribution in [2.45, 2.75) is 64.0 Å². The number of ether oxygens (including phenoxy) is 2. The van der Waals surface area contributed by atoms with Gasteiger partial charge in [0, 0.05) is 12.8 Å². The molecule has 3 unspecified atom stereocenters. The molecule has 1 fully saturated rings. The summed E-state index contributed by atoms with van der Waals surface area (Å²) in [7, 11) is 0. The maximum atomic E-state index is 13.6. The number of nitrogens with one attached hydrogen (secondary N) is 1. The molecule has 1 aliphatic rings. The van der Waals surface area contributed by atoms with Crippen LogP contribution in [0.5, 0.6) is 0 Å². The van der Waals surface area contributed by atoms with Gasteiger partial charge < -0.3 is 19.9 Å². The predicted molar refractivity (Wildman–Crippen MR) is 68.9 cm³/mol. The summed E-state index contributed by atoms with van der Waals surface area (Å²) in [6.07, 6.45) is -4.30. The zero-order chi connectivity index (χ0) is 15.6. The zero-order valence-electron chi connectivity index (χ0n) is 12.2. The second kappa shape index (κ2) is 5.95. The van der Waals surface area contributed by atoms with Crippen molar-refractivity contribution in [3.05, 3.63) is 0 Å². The average Bonchev–Trinajstić information content (AvgIpc) is 2.52. The van der Waals surface area contributed by atoms with Crippen LogP contribution in [0.3, 0.4) is 0 Å². The highest BCUT2D eigenvalue weighted by Crippen LogP contribution is 2.34. The maximum absolute atomic E-state index is 13.6. The van der Waals surface area contributed by atoms with Crippen molar-refractivity contribution in [2.75, 3.05) is 6.61 Å². The third kappa shape index (κ3) is 4.06. The number of hydrogen-bond donors (Lipinski definition) is 2. The highest BCUT2D eigenvalue weighted by molar-refractivity contribution is 5.86. The van der Waals surface area contributed by atoms with Crippen LogP contribution in [0.2, 0.25) is 0 Å². The molecule has 1 saturated carbocycles. The van der Waals surface area contributed by atoms with Crippen molar-refractivity contribution in [3.8, 4) is 0 Å². The normalized spacial score (nSPS) is 29.9. The Balaban J connectivity index is 2.85. The average molecular weight is 291 g/mol. The lowest BCUT2D eigenvalue weighted by atomic mass is 9.98. The van der Waals surface area contributed by atoms with E-state index in [1.54, 1.807) is 27.7 Å². The first-order valence-corrected chi connectivity index (χ1v) is 6.60. The molecule has 3 atom stereocenters. The van der Waals surface area contributed by atoms with Gasteiger partial charge in [0.1, 0.15) is 17.3 Å². The molecule has 7 heteroatoms. The Bertz CT molecular complexity index is 369. The van der Waals surface area contributed by atoms with Gasteiger partial charge in [-0.2, -0.15) is 0 Å². The number of rotatable bonds is 3. The fraction of sp³-hybridized carbons (Fsp3) is 0.846. The lowest BCUT2D eigenvalue weighted by Crippen LogP contribution is -2.55. The van der Waals surface area contributed by atoms with Gasteiger partial charge in [0.25, 0.3) is 0 Å². The van der Waals surface area contributed by atoms with Crippen molar-refractivity contribution in [3.63, 3.8) is 0 Å². The standard InChI is InChI=1S/C13H22FNO5/c1-5-19-10(17)13(6-8(14)9(16)7-13)15-11(18)20-12(2,3)4/h8-9,16H,5-7H2,1-4H3,(H,15,18). The van der Waals surface area contributed by atoms with Gasteiger partial charge in [-0.25, -0.2) is 14.0 Å². The largest absolute Gasteiger partial charge is 0.464 e. The third-order valence-corrected chi connectivity index (χ3v) is 2.92. The van der Waals surface area contributed by atoms with E-state index < -0.39 is 35.5 Å². The van der Waals surface area contributed by atoms with Gasteiger partial charge in [0.15, 0.2) is 0 Å². The summed E-state index contributed by atoms with van der Waals surface area (Å²) in [5.74, 6) is -0.759. The number of hydrogen-bond acceptors (Lipinski definition) is 5. The number of esters is 1. The highest BCUT2D eigenvalue weighted by atomic mass is 19.1. The van der Waals surface area contributed by atoms with Crippen LogP contribution in [0.15, 0.2) is 0 Å². The van der Waals surface area contributed by atoms with Gasteiger partial charge in [0.2, 0.25) is 0 Å². The second-order valence-corrected chi connectivity index (χ2v) is 5.92. The topological polar surface area (TPSA) is 84.9 Å². The number of carbonyl (C=O) groups excluding carboxylic acids is 2. The summed E-state index contributed by atoms with van der Waals surface area (Å²) < 4.78 is 23.5. The monoisotopic (exact) mass is 291 g/mol. The van der Waals surface area contributed by atoms with E-state index in [0.717, 1.165) is 0 Å². The number of aliphatic hydroxyl groups excluding tert-OH is 1. The minimum atomic E-state index is -1.59. The quantitative estimate of drug-likeness (QED) is 0.766. The molecule has 0 saturated heterocycles. The van der Waals surface area contributed by atoms with E-state index >= 15 is 0 Å². The Morgan fingerprint density at radius 3 is 2.40 bits per heavy atom. The minimum absolute atomic E-state index is 0.101. The number of amides is 1. The van der Waals surface area contributed by atoms with E-state index in [1.807, 2.05) is 0 Å². The first-order valence-electron chi connectivity index (χ1n) is 6.60. The van der Waals surface area contributed by atoms with Crippen LogP contribution in [0.1, 0.15) is 40.5 Å². The lowest BCUT2D eigenvalue weighted by Gasteiger charge is -2.29.